The lowest BCUT2D eigenvalue weighted by molar-refractivity contribution is -0.208. The maximum Gasteiger partial charge on any atom is 0.420 e. The topological polar surface area (TPSA) is 79.3 Å². The molecule has 7 nitrogen and oxygen atoms in total. The molecule has 102 valence electrons. The molecule has 0 bridgehead atoms. The van der Waals surface area contributed by atoms with Gasteiger partial charge in [-0.05, 0) is 0 Å². The Bertz CT molecular complexity index is 374. The average Bonchev–Trinajstić information content (AvgIpc) is 1.97. The predicted molar refractivity (Wildman–Crippen MR) is 65.4 cm³/mol. The van der Waals surface area contributed by atoms with Crippen LogP contribution in [-0.2, 0) is 10.4 Å². The molecule has 0 aromatic carbocycles. The van der Waals surface area contributed by atoms with Gasteiger partial charge in [0.05, 0.1) is 0 Å². The lowest BCUT2D eigenvalue weighted by atomic mass is 11.2. The first kappa shape index (κ1) is 16.7. The monoisotopic (exact) mass is 288 g/mol. The maximum absolute atomic E-state index is 12.5. The minimum absolute atomic E-state index is 1.00. The summed E-state index contributed by atoms with van der Waals surface area (Å²) in [6.45, 7) is 0. The van der Waals surface area contributed by atoms with E-state index < -0.39 is 23.8 Å². The minimum Gasteiger partial charge on any atom is -0.827 e. The number of nitrogens with zero attached hydrogens (tertiary/aromatic N) is 4. The van der Waals surface area contributed by atoms with Crippen molar-refractivity contribution in [2.75, 3.05) is 42.3 Å². The Kier molecular flexibility index (Phi) is 5.42. The summed E-state index contributed by atoms with van der Waals surface area (Å²) >= 11 is 0. The van der Waals surface area contributed by atoms with Crippen molar-refractivity contribution in [3.05, 3.63) is 0 Å². The normalized spacial score (nSPS) is 15.1. The van der Waals surface area contributed by atoms with Gasteiger partial charge in [-0.15, -0.1) is 18.4 Å². The van der Waals surface area contributed by atoms with Crippen LogP contribution in [0.15, 0.2) is 4.40 Å². The molecule has 0 aromatic heterocycles. The molecule has 0 aliphatic rings. The summed E-state index contributed by atoms with van der Waals surface area (Å²) in [5, 5.41) is 11.9. The van der Waals surface area contributed by atoms with Crippen molar-refractivity contribution in [3.8, 4) is 0 Å². The zero-order valence-corrected chi connectivity index (χ0v) is 12.5. The molecular weight excluding hydrogens is 270 g/mol. The summed E-state index contributed by atoms with van der Waals surface area (Å²) in [6.07, 6.45) is 0. The van der Waals surface area contributed by atoms with Crippen molar-refractivity contribution in [1.29, 1.82) is 0 Å². The van der Waals surface area contributed by atoms with E-state index in [0.29, 0.717) is 0 Å². The van der Waals surface area contributed by atoms with E-state index in [9.17, 15) is 17.4 Å². The Morgan fingerprint density at radius 3 is 1.53 bits per heavy atom. The Labute approximate surface area is 102 Å². The highest BCUT2D eigenvalue weighted by Crippen LogP contribution is 2.63. The van der Waals surface area contributed by atoms with Crippen LogP contribution in [0.25, 0.3) is 0 Å². The number of rotatable bonds is 5. The molecule has 0 unspecified atom stereocenters. The van der Waals surface area contributed by atoms with E-state index in [2.05, 4.69) is 4.40 Å². The summed E-state index contributed by atoms with van der Waals surface area (Å²) in [5.74, 6) is 0. The molecule has 0 rings (SSSR count). The van der Waals surface area contributed by atoms with Gasteiger partial charge < -0.3 is 5.11 Å². The molecule has 0 aromatic rings. The third kappa shape index (κ3) is 3.56. The van der Waals surface area contributed by atoms with Gasteiger partial charge in [-0.1, -0.05) is 3.89 Å². The first-order valence-electron chi connectivity index (χ1n) is 4.60. The van der Waals surface area contributed by atoms with E-state index in [1.807, 2.05) is 0 Å². The van der Waals surface area contributed by atoms with Gasteiger partial charge in [-0.25, -0.2) is 0 Å². The van der Waals surface area contributed by atoms with Crippen LogP contribution >= 0.6 is 7.71 Å². The summed E-state index contributed by atoms with van der Waals surface area (Å²) in [7, 11) is 1.69. The molecule has 0 N–H and O–H groups in total. The van der Waals surface area contributed by atoms with Crippen molar-refractivity contribution < 1.29 is 17.4 Å². The first-order valence-corrected chi connectivity index (χ1v) is 7.59. The van der Waals surface area contributed by atoms with Crippen LogP contribution in [-0.4, -0.2) is 70.4 Å². The van der Waals surface area contributed by atoms with Crippen molar-refractivity contribution >= 4 is 23.8 Å². The smallest absolute Gasteiger partial charge is 0.420 e. The van der Waals surface area contributed by atoms with Gasteiger partial charge in [-0.2, -0.15) is 8.42 Å². The SMILES string of the molecule is CN(C)[P+](/C([O-])=N/S(=O)(=O)F)(N(C)C)N(C)C. The lowest BCUT2D eigenvalue weighted by Gasteiger charge is -2.41. The fraction of sp³-hybridized carbons (Fsp3) is 0.857. The summed E-state index contributed by atoms with van der Waals surface area (Å²) in [6, 6.07) is 0. The van der Waals surface area contributed by atoms with E-state index >= 15 is 0 Å². The standard InChI is InChI=1S/C7H18FN4O3PS/c1-10(2)16(11(3)4,12(5)6)7(13)9-17(8,14)15/h1-6H3. The first-order chi connectivity index (χ1) is 7.46. The molecule has 0 aliphatic carbocycles. The van der Waals surface area contributed by atoms with Gasteiger partial charge in [0, 0.05) is 42.3 Å². The number of hydrogen-bond donors (Lipinski definition) is 0. The van der Waals surface area contributed by atoms with Crippen LogP contribution in [0, 0.1) is 0 Å². The Morgan fingerprint density at radius 1 is 1.06 bits per heavy atom. The van der Waals surface area contributed by atoms with Crippen molar-refractivity contribution in [2.45, 2.75) is 0 Å². The maximum atomic E-state index is 12.5. The number of hydrogen-bond acceptors (Lipinski definition) is 6. The highest BCUT2D eigenvalue weighted by Gasteiger charge is 2.50. The van der Waals surface area contributed by atoms with Crippen LogP contribution < -0.4 is 5.11 Å². The van der Waals surface area contributed by atoms with Crippen LogP contribution in [0.5, 0.6) is 0 Å². The van der Waals surface area contributed by atoms with Crippen LogP contribution in [0.1, 0.15) is 0 Å². The highest BCUT2D eigenvalue weighted by atomic mass is 32.3. The van der Waals surface area contributed by atoms with Gasteiger partial charge in [0.15, 0.2) is 5.64 Å². The third-order valence-corrected chi connectivity index (χ3v) is 6.60. The second kappa shape index (κ2) is 5.53. The number of halogens is 1. The van der Waals surface area contributed by atoms with E-state index in [-0.39, 0.29) is 0 Å². The molecule has 0 atom stereocenters. The molecule has 0 saturated heterocycles. The second-order valence-electron chi connectivity index (χ2n) is 3.90. The molecule has 17 heavy (non-hydrogen) atoms. The molecule has 0 heterocycles. The zero-order chi connectivity index (χ0) is 14.0. The Morgan fingerprint density at radius 2 is 1.35 bits per heavy atom. The van der Waals surface area contributed by atoms with E-state index in [1.165, 1.54) is 0 Å². The molecule has 0 amide bonds. The fourth-order valence-electron chi connectivity index (χ4n) is 1.73. The van der Waals surface area contributed by atoms with Gasteiger partial charge in [0.1, 0.15) is 0 Å². The van der Waals surface area contributed by atoms with Crippen LogP contribution in [0.3, 0.4) is 0 Å². The lowest BCUT2D eigenvalue weighted by Crippen LogP contribution is -2.45. The summed E-state index contributed by atoms with van der Waals surface area (Å²) < 4.78 is 40.8. The van der Waals surface area contributed by atoms with Gasteiger partial charge in [0.25, 0.3) is 7.71 Å². The Hall–Kier alpha value is -0.340. The largest absolute Gasteiger partial charge is 0.827 e. The fourth-order valence-corrected chi connectivity index (χ4v) is 5.83. The van der Waals surface area contributed by atoms with Crippen molar-refractivity contribution in [3.63, 3.8) is 0 Å². The quantitative estimate of drug-likeness (QED) is 0.290. The minimum atomic E-state index is -5.18. The van der Waals surface area contributed by atoms with E-state index in [0.717, 1.165) is 0 Å². The third-order valence-electron chi connectivity index (χ3n) is 2.12. The second-order valence-corrected chi connectivity index (χ2v) is 8.82. The van der Waals surface area contributed by atoms with E-state index in [1.54, 1.807) is 56.3 Å². The van der Waals surface area contributed by atoms with Crippen LogP contribution in [0.2, 0.25) is 0 Å². The van der Waals surface area contributed by atoms with E-state index in [4.69, 9.17) is 0 Å². The average molecular weight is 288 g/mol. The molecule has 0 saturated carbocycles. The van der Waals surface area contributed by atoms with Crippen molar-refractivity contribution in [2.24, 2.45) is 4.40 Å². The highest BCUT2D eigenvalue weighted by molar-refractivity contribution is 7.89. The molecule has 0 aliphatic heterocycles. The summed E-state index contributed by atoms with van der Waals surface area (Å²) in [4.78, 5) is 0. The molecule has 10 heteroatoms. The molecular formula is C7H18FN4O3PS. The molecule has 0 fully saturated rings. The molecule has 0 spiro atoms. The predicted octanol–water partition coefficient (Wildman–Crippen LogP) is -0.636. The van der Waals surface area contributed by atoms with Crippen LogP contribution in [0.4, 0.5) is 3.89 Å². The van der Waals surface area contributed by atoms with Gasteiger partial charge in [0.2, 0.25) is 0 Å². The van der Waals surface area contributed by atoms with Crippen molar-refractivity contribution in [1.82, 2.24) is 14.0 Å². The summed E-state index contributed by atoms with van der Waals surface area (Å²) in [5.41, 5.74) is -1.00. The molecule has 0 radical (unpaired) electrons. The van der Waals surface area contributed by atoms with Gasteiger partial charge >= 0.3 is 10.4 Å². The Balaban J connectivity index is 5.88. The van der Waals surface area contributed by atoms with Gasteiger partial charge in [-0.3, -0.25) is 0 Å². The zero-order valence-electron chi connectivity index (χ0n) is 10.7.